The van der Waals surface area contributed by atoms with E-state index < -0.39 is 10.0 Å². The zero-order chi connectivity index (χ0) is 13.8. The van der Waals surface area contributed by atoms with Gasteiger partial charge in [0, 0.05) is 22.7 Å². The van der Waals surface area contributed by atoms with Crippen molar-refractivity contribution >= 4 is 31.6 Å². The Balaban J connectivity index is 2.03. The summed E-state index contributed by atoms with van der Waals surface area (Å²) in [6.45, 7) is 2.48. The number of hydrogen-bond donors (Lipinski definition) is 1. The highest BCUT2D eigenvalue weighted by atomic mass is 79.9. The third kappa shape index (κ3) is 2.10. The van der Waals surface area contributed by atoms with Gasteiger partial charge in [-0.25, -0.2) is 8.42 Å². The van der Waals surface area contributed by atoms with Crippen LogP contribution in [0.3, 0.4) is 0 Å². The molecule has 2 fully saturated rings. The first-order valence-electron chi connectivity index (χ1n) is 6.47. The number of sulfonamides is 1. The van der Waals surface area contributed by atoms with Gasteiger partial charge in [0.25, 0.3) is 0 Å². The minimum Gasteiger partial charge on any atom is -0.398 e. The van der Waals surface area contributed by atoms with Crippen molar-refractivity contribution in [2.75, 3.05) is 12.3 Å². The molecule has 2 N–H and O–H groups in total. The van der Waals surface area contributed by atoms with Gasteiger partial charge in [0.1, 0.15) is 0 Å². The number of nitrogens with two attached hydrogens (primary N) is 1. The molecule has 1 aromatic rings. The average Bonchev–Trinajstić information content (AvgIpc) is 2.95. The number of anilines is 1. The molecule has 0 amide bonds. The number of aryl methyl sites for hydroxylation is 1. The van der Waals surface area contributed by atoms with Crippen molar-refractivity contribution in [1.82, 2.24) is 4.31 Å². The van der Waals surface area contributed by atoms with Crippen LogP contribution in [0.1, 0.15) is 24.8 Å². The molecule has 4 nitrogen and oxygen atoms in total. The number of fused-ring (bicyclic) bond motifs is 2. The monoisotopic (exact) mass is 344 g/mol. The van der Waals surface area contributed by atoms with E-state index in [2.05, 4.69) is 15.9 Å². The van der Waals surface area contributed by atoms with E-state index in [-0.39, 0.29) is 6.04 Å². The summed E-state index contributed by atoms with van der Waals surface area (Å²) < 4.78 is 27.9. The van der Waals surface area contributed by atoms with Crippen LogP contribution in [0.5, 0.6) is 0 Å². The SMILES string of the molecule is Cc1cc(Br)c(N)cc1S(=O)(=O)N1CC2CCC1C2. The molecule has 0 radical (unpaired) electrons. The second-order valence-corrected chi connectivity index (χ2v) is 8.26. The third-order valence-corrected chi connectivity index (χ3v) is 6.99. The summed E-state index contributed by atoms with van der Waals surface area (Å²) >= 11 is 3.33. The number of benzene rings is 1. The topological polar surface area (TPSA) is 63.4 Å². The van der Waals surface area contributed by atoms with E-state index in [0.717, 1.165) is 29.3 Å². The van der Waals surface area contributed by atoms with Crippen LogP contribution in [-0.2, 0) is 10.0 Å². The molecule has 1 saturated heterocycles. The Bertz CT molecular complexity index is 630. The molecule has 1 aliphatic carbocycles. The first-order valence-corrected chi connectivity index (χ1v) is 8.70. The fourth-order valence-corrected chi connectivity index (χ4v) is 5.69. The van der Waals surface area contributed by atoms with Crippen LogP contribution < -0.4 is 5.73 Å². The van der Waals surface area contributed by atoms with Crippen molar-refractivity contribution in [2.24, 2.45) is 5.92 Å². The molecule has 0 spiro atoms. The van der Waals surface area contributed by atoms with Crippen LogP contribution in [0.4, 0.5) is 5.69 Å². The summed E-state index contributed by atoms with van der Waals surface area (Å²) in [5.74, 6) is 0.549. The van der Waals surface area contributed by atoms with Gasteiger partial charge in [-0.3, -0.25) is 0 Å². The van der Waals surface area contributed by atoms with Crippen molar-refractivity contribution in [3.05, 3.63) is 22.2 Å². The van der Waals surface area contributed by atoms with Crippen LogP contribution in [0.25, 0.3) is 0 Å². The Hall–Kier alpha value is -0.590. The third-order valence-electron chi connectivity index (χ3n) is 4.24. The maximum Gasteiger partial charge on any atom is 0.243 e. The van der Waals surface area contributed by atoms with Crippen molar-refractivity contribution in [3.8, 4) is 0 Å². The lowest BCUT2D eigenvalue weighted by Crippen LogP contribution is -2.37. The fourth-order valence-electron chi connectivity index (χ4n) is 3.25. The predicted octanol–water partition coefficient (Wildman–Crippen LogP) is 2.51. The van der Waals surface area contributed by atoms with Crippen molar-refractivity contribution in [1.29, 1.82) is 0 Å². The molecule has 2 aliphatic rings. The summed E-state index contributed by atoms with van der Waals surface area (Å²) in [5.41, 5.74) is 7.04. The second kappa shape index (κ2) is 4.46. The summed E-state index contributed by atoms with van der Waals surface area (Å²) in [6, 6.07) is 3.54. The van der Waals surface area contributed by atoms with Gasteiger partial charge in [-0.05, 0) is 65.7 Å². The van der Waals surface area contributed by atoms with Crippen molar-refractivity contribution in [3.63, 3.8) is 0 Å². The van der Waals surface area contributed by atoms with E-state index in [0.29, 0.717) is 23.0 Å². The highest BCUT2D eigenvalue weighted by Gasteiger charge is 2.44. The molecule has 2 bridgehead atoms. The molecule has 1 saturated carbocycles. The normalized spacial score (nSPS) is 27.1. The molecule has 104 valence electrons. The van der Waals surface area contributed by atoms with E-state index in [1.165, 1.54) is 0 Å². The second-order valence-electron chi connectivity index (χ2n) is 5.55. The lowest BCUT2D eigenvalue weighted by Gasteiger charge is -2.27. The number of nitrogens with zero attached hydrogens (tertiary/aromatic N) is 1. The predicted molar refractivity (Wildman–Crippen MR) is 78.3 cm³/mol. The maximum absolute atomic E-state index is 12.8. The Kier molecular flexibility index (Phi) is 3.15. The lowest BCUT2D eigenvalue weighted by atomic mass is 10.1. The Morgan fingerprint density at radius 3 is 2.68 bits per heavy atom. The first kappa shape index (κ1) is 13.4. The molecule has 1 aliphatic heterocycles. The number of piperidine rings is 1. The highest BCUT2D eigenvalue weighted by Crippen LogP contribution is 2.41. The summed E-state index contributed by atoms with van der Waals surface area (Å²) in [7, 11) is -3.41. The van der Waals surface area contributed by atoms with Gasteiger partial charge in [-0.15, -0.1) is 0 Å². The average molecular weight is 345 g/mol. The zero-order valence-corrected chi connectivity index (χ0v) is 13.2. The van der Waals surface area contributed by atoms with Gasteiger partial charge in [-0.1, -0.05) is 0 Å². The van der Waals surface area contributed by atoms with Crippen molar-refractivity contribution in [2.45, 2.75) is 37.1 Å². The number of hydrogen-bond acceptors (Lipinski definition) is 3. The lowest BCUT2D eigenvalue weighted by molar-refractivity contribution is 0.333. The highest BCUT2D eigenvalue weighted by molar-refractivity contribution is 9.10. The molecule has 0 aromatic heterocycles. The van der Waals surface area contributed by atoms with Gasteiger partial charge in [0.2, 0.25) is 10.0 Å². The molecule has 6 heteroatoms. The van der Waals surface area contributed by atoms with E-state index >= 15 is 0 Å². The van der Waals surface area contributed by atoms with Gasteiger partial charge in [0.05, 0.1) is 4.90 Å². The molecule has 3 rings (SSSR count). The molecule has 2 unspecified atom stereocenters. The molecule has 2 atom stereocenters. The van der Waals surface area contributed by atoms with E-state index in [1.807, 2.05) is 6.92 Å². The van der Waals surface area contributed by atoms with Gasteiger partial charge < -0.3 is 5.73 Å². The Morgan fingerprint density at radius 1 is 1.37 bits per heavy atom. The molecule has 19 heavy (non-hydrogen) atoms. The molecular formula is C13H17BrN2O2S. The summed E-state index contributed by atoms with van der Waals surface area (Å²) in [6.07, 6.45) is 3.18. The quantitative estimate of drug-likeness (QED) is 0.838. The Morgan fingerprint density at radius 2 is 2.11 bits per heavy atom. The van der Waals surface area contributed by atoms with E-state index in [9.17, 15) is 8.42 Å². The van der Waals surface area contributed by atoms with Crippen LogP contribution >= 0.6 is 15.9 Å². The number of halogens is 1. The van der Waals surface area contributed by atoms with E-state index in [1.54, 1.807) is 16.4 Å². The minimum absolute atomic E-state index is 0.194. The summed E-state index contributed by atoms with van der Waals surface area (Å²) in [5, 5.41) is 0. The molecule has 1 heterocycles. The fraction of sp³-hybridized carbons (Fsp3) is 0.538. The zero-order valence-electron chi connectivity index (χ0n) is 10.8. The van der Waals surface area contributed by atoms with E-state index in [4.69, 9.17) is 5.73 Å². The Labute approximate surface area is 122 Å². The van der Waals surface area contributed by atoms with Crippen molar-refractivity contribution < 1.29 is 8.42 Å². The van der Waals surface area contributed by atoms with Gasteiger partial charge in [0.15, 0.2) is 0 Å². The molecular weight excluding hydrogens is 328 g/mol. The number of nitrogen functional groups attached to an aromatic ring is 1. The maximum atomic E-state index is 12.8. The van der Waals surface area contributed by atoms with Gasteiger partial charge >= 0.3 is 0 Å². The van der Waals surface area contributed by atoms with Gasteiger partial charge in [-0.2, -0.15) is 4.31 Å². The van der Waals surface area contributed by atoms with Crippen LogP contribution in [0.15, 0.2) is 21.5 Å². The summed E-state index contributed by atoms with van der Waals surface area (Å²) in [4.78, 5) is 0.348. The number of rotatable bonds is 2. The molecule has 1 aromatic carbocycles. The van der Waals surface area contributed by atoms with Crippen LogP contribution in [0.2, 0.25) is 0 Å². The van der Waals surface area contributed by atoms with Crippen LogP contribution in [0, 0.1) is 12.8 Å². The smallest absolute Gasteiger partial charge is 0.243 e. The first-order chi connectivity index (χ1) is 8.89. The standard InChI is InChI=1S/C13H17BrN2O2S/c1-8-4-11(14)12(15)6-13(8)19(17,18)16-7-9-2-3-10(16)5-9/h4,6,9-10H,2-3,5,7,15H2,1H3. The largest absolute Gasteiger partial charge is 0.398 e. The minimum atomic E-state index is -3.41. The van der Waals surface area contributed by atoms with Crippen LogP contribution in [-0.4, -0.2) is 25.3 Å².